The van der Waals surface area contributed by atoms with E-state index in [9.17, 15) is 14.3 Å². The molecule has 0 aromatic heterocycles. The van der Waals surface area contributed by atoms with E-state index >= 15 is 0 Å². The molecule has 0 aliphatic carbocycles. The van der Waals surface area contributed by atoms with Crippen LogP contribution in [0.3, 0.4) is 0 Å². The predicted octanol–water partition coefficient (Wildman–Crippen LogP) is 3.33. The minimum atomic E-state index is -1.10. The van der Waals surface area contributed by atoms with Gasteiger partial charge in [-0.1, -0.05) is 30.3 Å². The predicted molar refractivity (Wildman–Crippen MR) is 90.8 cm³/mol. The van der Waals surface area contributed by atoms with Crippen LogP contribution in [-0.4, -0.2) is 23.3 Å². The molecule has 0 aliphatic heterocycles. The van der Waals surface area contributed by atoms with Crippen molar-refractivity contribution < 1.29 is 14.3 Å². The molecule has 23 heavy (non-hydrogen) atoms. The molecular weight excluding hydrogens is 313 g/mol. The maximum atomic E-state index is 12.8. The zero-order valence-corrected chi connectivity index (χ0v) is 13.8. The number of halogens is 1. The Morgan fingerprint density at radius 1 is 1.17 bits per heavy atom. The largest absolute Gasteiger partial charge is 0.384 e. The van der Waals surface area contributed by atoms with E-state index in [1.54, 1.807) is 19.1 Å². The maximum Gasteiger partial charge on any atom is 0.220 e. The van der Waals surface area contributed by atoms with Gasteiger partial charge in [0.15, 0.2) is 0 Å². The van der Waals surface area contributed by atoms with Gasteiger partial charge in [0.2, 0.25) is 5.91 Å². The van der Waals surface area contributed by atoms with E-state index in [0.717, 1.165) is 10.5 Å². The van der Waals surface area contributed by atoms with Crippen LogP contribution in [0.4, 0.5) is 4.39 Å². The van der Waals surface area contributed by atoms with Gasteiger partial charge in [-0.05, 0) is 36.8 Å². The molecule has 0 saturated carbocycles. The van der Waals surface area contributed by atoms with Crippen molar-refractivity contribution in [2.24, 2.45) is 0 Å². The lowest BCUT2D eigenvalue weighted by atomic mass is 9.96. The Hall–Kier alpha value is -1.85. The van der Waals surface area contributed by atoms with Crippen LogP contribution in [0.15, 0.2) is 59.5 Å². The molecule has 1 unspecified atom stereocenters. The number of hydrogen-bond donors (Lipinski definition) is 2. The van der Waals surface area contributed by atoms with Gasteiger partial charge in [0, 0.05) is 17.1 Å². The molecule has 2 aromatic carbocycles. The van der Waals surface area contributed by atoms with Gasteiger partial charge in [-0.3, -0.25) is 4.79 Å². The number of nitrogens with one attached hydrogen (secondary N) is 1. The molecule has 1 atom stereocenters. The Morgan fingerprint density at radius 3 is 2.48 bits per heavy atom. The highest BCUT2D eigenvalue weighted by Crippen LogP contribution is 2.20. The van der Waals surface area contributed by atoms with Gasteiger partial charge in [0.05, 0.1) is 6.54 Å². The molecule has 2 aromatic rings. The van der Waals surface area contributed by atoms with E-state index in [1.807, 2.05) is 30.3 Å². The van der Waals surface area contributed by atoms with Crippen LogP contribution in [0.2, 0.25) is 0 Å². The SMILES string of the molecule is CC(O)(CNC(=O)CCSc1ccc(F)cc1)c1ccccc1. The number of amides is 1. The van der Waals surface area contributed by atoms with Gasteiger partial charge < -0.3 is 10.4 Å². The van der Waals surface area contributed by atoms with Crippen LogP contribution in [0, 0.1) is 5.82 Å². The van der Waals surface area contributed by atoms with Crippen molar-refractivity contribution in [3.05, 3.63) is 66.0 Å². The van der Waals surface area contributed by atoms with Crippen LogP contribution in [0.1, 0.15) is 18.9 Å². The number of aliphatic hydroxyl groups is 1. The summed E-state index contributed by atoms with van der Waals surface area (Å²) < 4.78 is 12.8. The zero-order chi connectivity index (χ0) is 16.7. The maximum absolute atomic E-state index is 12.8. The average molecular weight is 333 g/mol. The van der Waals surface area contributed by atoms with Gasteiger partial charge in [-0.2, -0.15) is 0 Å². The Kier molecular flexibility index (Phi) is 6.19. The van der Waals surface area contributed by atoms with E-state index < -0.39 is 5.60 Å². The van der Waals surface area contributed by atoms with Crippen molar-refractivity contribution in [1.29, 1.82) is 0 Å². The molecule has 0 heterocycles. The van der Waals surface area contributed by atoms with Crippen LogP contribution in [0.5, 0.6) is 0 Å². The molecule has 1 amide bonds. The Labute approximate surface area is 139 Å². The first-order valence-corrected chi connectivity index (χ1v) is 8.39. The molecule has 0 saturated heterocycles. The van der Waals surface area contributed by atoms with Crippen LogP contribution in [-0.2, 0) is 10.4 Å². The summed E-state index contributed by atoms with van der Waals surface area (Å²) in [6, 6.07) is 15.4. The smallest absolute Gasteiger partial charge is 0.220 e. The van der Waals surface area contributed by atoms with Gasteiger partial charge in [0.25, 0.3) is 0 Å². The number of hydrogen-bond acceptors (Lipinski definition) is 3. The van der Waals surface area contributed by atoms with Crippen molar-refractivity contribution >= 4 is 17.7 Å². The van der Waals surface area contributed by atoms with E-state index in [-0.39, 0.29) is 18.3 Å². The van der Waals surface area contributed by atoms with Gasteiger partial charge >= 0.3 is 0 Å². The lowest BCUT2D eigenvalue weighted by Gasteiger charge is -2.24. The third kappa shape index (κ3) is 5.69. The van der Waals surface area contributed by atoms with Crippen LogP contribution in [0.25, 0.3) is 0 Å². The van der Waals surface area contributed by atoms with Crippen LogP contribution >= 0.6 is 11.8 Å². The fourth-order valence-corrected chi connectivity index (χ4v) is 2.90. The zero-order valence-electron chi connectivity index (χ0n) is 13.0. The average Bonchev–Trinajstić information content (AvgIpc) is 2.56. The third-order valence-corrected chi connectivity index (χ3v) is 4.45. The first-order chi connectivity index (χ1) is 11.0. The Bertz CT molecular complexity index is 629. The molecule has 2 N–H and O–H groups in total. The highest BCUT2D eigenvalue weighted by atomic mass is 32.2. The first-order valence-electron chi connectivity index (χ1n) is 7.40. The van der Waals surface area contributed by atoms with E-state index in [1.165, 1.54) is 23.9 Å². The number of thioether (sulfide) groups is 1. The molecule has 0 radical (unpaired) electrons. The summed E-state index contributed by atoms with van der Waals surface area (Å²) in [5, 5.41) is 13.2. The van der Waals surface area contributed by atoms with Crippen molar-refractivity contribution in [2.75, 3.05) is 12.3 Å². The van der Waals surface area contributed by atoms with Crippen molar-refractivity contribution in [2.45, 2.75) is 23.8 Å². The van der Waals surface area contributed by atoms with Crippen molar-refractivity contribution in [1.82, 2.24) is 5.32 Å². The molecule has 122 valence electrons. The second kappa shape index (κ2) is 8.13. The molecule has 5 heteroatoms. The minimum absolute atomic E-state index is 0.115. The van der Waals surface area contributed by atoms with Gasteiger partial charge in [0.1, 0.15) is 11.4 Å². The molecule has 0 bridgehead atoms. The normalized spacial score (nSPS) is 13.3. The Morgan fingerprint density at radius 2 is 1.83 bits per heavy atom. The van der Waals surface area contributed by atoms with Gasteiger partial charge in [-0.15, -0.1) is 11.8 Å². The lowest BCUT2D eigenvalue weighted by Crippen LogP contribution is -2.38. The molecule has 0 aliphatic rings. The summed E-state index contributed by atoms with van der Waals surface area (Å²) in [5.74, 6) is 0.219. The summed E-state index contributed by atoms with van der Waals surface area (Å²) in [5.41, 5.74) is -0.331. The van der Waals surface area contributed by atoms with Crippen molar-refractivity contribution in [3.63, 3.8) is 0 Å². The number of benzene rings is 2. The number of carbonyl (C=O) groups is 1. The fourth-order valence-electron chi connectivity index (χ4n) is 2.05. The second-order valence-corrected chi connectivity index (χ2v) is 6.64. The van der Waals surface area contributed by atoms with E-state index in [0.29, 0.717) is 12.2 Å². The van der Waals surface area contributed by atoms with Gasteiger partial charge in [-0.25, -0.2) is 4.39 Å². The molecular formula is C18H20FNO2S. The monoisotopic (exact) mass is 333 g/mol. The van der Waals surface area contributed by atoms with Crippen LogP contribution < -0.4 is 5.32 Å². The molecule has 2 rings (SSSR count). The lowest BCUT2D eigenvalue weighted by molar-refractivity contribution is -0.121. The molecule has 0 fully saturated rings. The van der Waals surface area contributed by atoms with E-state index in [2.05, 4.69) is 5.32 Å². The summed E-state index contributed by atoms with van der Waals surface area (Å²) in [4.78, 5) is 12.8. The molecule has 0 spiro atoms. The summed E-state index contributed by atoms with van der Waals surface area (Å²) >= 11 is 1.50. The van der Waals surface area contributed by atoms with E-state index in [4.69, 9.17) is 0 Å². The summed E-state index contributed by atoms with van der Waals surface area (Å²) in [6.45, 7) is 1.84. The number of rotatable bonds is 7. The standard InChI is InChI=1S/C18H20FNO2S/c1-18(22,14-5-3-2-4-6-14)13-20-17(21)11-12-23-16-9-7-15(19)8-10-16/h2-10,22H,11-13H2,1H3,(H,20,21). The highest BCUT2D eigenvalue weighted by molar-refractivity contribution is 7.99. The second-order valence-electron chi connectivity index (χ2n) is 5.47. The van der Waals surface area contributed by atoms with Crippen molar-refractivity contribution in [3.8, 4) is 0 Å². The molecule has 3 nitrogen and oxygen atoms in total. The summed E-state index contributed by atoms with van der Waals surface area (Å²) in [7, 11) is 0. The first kappa shape index (κ1) is 17.5. The Balaban J connectivity index is 1.73. The highest BCUT2D eigenvalue weighted by Gasteiger charge is 2.23. The number of carbonyl (C=O) groups excluding carboxylic acids is 1. The fraction of sp³-hybridized carbons (Fsp3) is 0.278. The third-order valence-electron chi connectivity index (χ3n) is 3.44. The minimum Gasteiger partial charge on any atom is -0.384 e. The summed E-state index contributed by atoms with van der Waals surface area (Å²) in [6.07, 6.45) is 0.340. The quantitative estimate of drug-likeness (QED) is 0.764. The topological polar surface area (TPSA) is 49.3 Å².